The van der Waals surface area contributed by atoms with Crippen LogP contribution >= 0.6 is 0 Å². The molecule has 1 aliphatic rings. The maximum absolute atomic E-state index is 13.8. The fourth-order valence-corrected chi connectivity index (χ4v) is 6.21. The number of carbonyl (C=O) groups excluding carboxylic acids is 4. The molecule has 4 atom stereocenters. The molecule has 3 aromatic rings. The summed E-state index contributed by atoms with van der Waals surface area (Å²) in [5, 5.41) is 2.66. The number of allylic oxidation sites excluding steroid dienone is 1. The third-order valence-electron chi connectivity index (χ3n) is 8.72. The maximum Gasteiger partial charge on any atom is 0.407 e. The lowest BCUT2D eigenvalue weighted by atomic mass is 9.96. The first-order valence-electron chi connectivity index (χ1n) is 16.9. The van der Waals surface area contributed by atoms with Crippen LogP contribution in [0.25, 0.3) is 11.1 Å². The normalized spacial score (nSPS) is 14.5. The van der Waals surface area contributed by atoms with Crippen LogP contribution in [0.15, 0.2) is 104 Å². The van der Waals surface area contributed by atoms with Crippen molar-refractivity contribution in [3.63, 3.8) is 0 Å². The summed E-state index contributed by atoms with van der Waals surface area (Å²) >= 11 is 0. The average Bonchev–Trinajstić information content (AvgIpc) is 3.41. The molecular weight excluding hydrogens is 632 g/mol. The lowest BCUT2D eigenvalue weighted by Gasteiger charge is -2.34. The topological polar surface area (TPSA) is 111 Å². The van der Waals surface area contributed by atoms with Crippen LogP contribution in [0.2, 0.25) is 0 Å². The highest BCUT2D eigenvalue weighted by Crippen LogP contribution is 2.44. The third kappa shape index (κ3) is 9.49. The van der Waals surface area contributed by atoms with E-state index in [9.17, 15) is 19.2 Å². The van der Waals surface area contributed by atoms with E-state index in [4.69, 9.17) is 14.2 Å². The Bertz CT molecular complexity index is 1630. The number of carbonyl (C=O) groups is 4. The first-order valence-corrected chi connectivity index (χ1v) is 16.9. The van der Waals surface area contributed by atoms with Crippen LogP contribution in [0, 0.1) is 5.92 Å². The van der Waals surface area contributed by atoms with Crippen LogP contribution in [0.3, 0.4) is 0 Å². The van der Waals surface area contributed by atoms with Crippen molar-refractivity contribution in [3.8, 4) is 11.1 Å². The molecule has 1 aliphatic carbocycles. The molecule has 0 spiro atoms. The first kappa shape index (κ1) is 37.6. The van der Waals surface area contributed by atoms with Gasteiger partial charge in [-0.3, -0.25) is 9.59 Å². The second-order valence-corrected chi connectivity index (χ2v) is 13.5. The van der Waals surface area contributed by atoms with Gasteiger partial charge in [-0.05, 0) is 68.4 Å². The molecule has 0 saturated heterocycles. The number of likely N-dealkylation sites (N-methyl/N-ethyl adjacent to an activating group) is 1. The summed E-state index contributed by atoms with van der Waals surface area (Å²) in [4.78, 5) is 54.8. The number of benzene rings is 3. The minimum Gasteiger partial charge on any atom is -0.460 e. The van der Waals surface area contributed by atoms with Crippen LogP contribution in [0.1, 0.15) is 75.7 Å². The second-order valence-electron chi connectivity index (χ2n) is 13.5. The molecule has 0 aliphatic heterocycles. The molecule has 9 nitrogen and oxygen atoms in total. The van der Waals surface area contributed by atoms with Gasteiger partial charge in [0.2, 0.25) is 5.91 Å². The maximum atomic E-state index is 13.8. The molecule has 3 aromatic carbocycles. The highest BCUT2D eigenvalue weighted by molar-refractivity contribution is 5.85. The van der Waals surface area contributed by atoms with Crippen LogP contribution in [-0.2, 0) is 28.6 Å². The molecule has 0 fully saturated rings. The zero-order valence-corrected chi connectivity index (χ0v) is 29.6. The van der Waals surface area contributed by atoms with E-state index in [2.05, 4.69) is 30.6 Å². The van der Waals surface area contributed by atoms with Crippen molar-refractivity contribution in [1.82, 2.24) is 10.2 Å². The van der Waals surface area contributed by atoms with E-state index in [-0.39, 0.29) is 37.7 Å². The van der Waals surface area contributed by atoms with Crippen LogP contribution in [0.5, 0.6) is 0 Å². The largest absolute Gasteiger partial charge is 0.460 e. The van der Waals surface area contributed by atoms with Gasteiger partial charge in [0.15, 0.2) is 0 Å². The predicted octanol–water partition coefficient (Wildman–Crippen LogP) is 7.53. The van der Waals surface area contributed by atoms with Crippen molar-refractivity contribution >= 4 is 23.9 Å². The molecule has 9 heteroatoms. The Balaban J connectivity index is 1.47. The van der Waals surface area contributed by atoms with Crippen LogP contribution in [0.4, 0.5) is 4.79 Å². The highest BCUT2D eigenvalue weighted by atomic mass is 16.6. The lowest BCUT2D eigenvalue weighted by molar-refractivity contribution is -0.160. The Kier molecular flexibility index (Phi) is 12.8. The number of nitrogens with one attached hydrogen (secondary N) is 1. The molecule has 2 amide bonds. The molecule has 0 radical (unpaired) electrons. The Hall–Kier alpha value is -5.18. The number of esters is 2. The van der Waals surface area contributed by atoms with E-state index in [1.54, 1.807) is 53.0 Å². The quantitative estimate of drug-likeness (QED) is 0.100. The molecule has 1 unspecified atom stereocenters. The van der Waals surface area contributed by atoms with Gasteiger partial charge in [-0.15, -0.1) is 13.2 Å². The Labute approximate surface area is 295 Å². The van der Waals surface area contributed by atoms with E-state index in [1.165, 1.54) is 11.0 Å². The summed E-state index contributed by atoms with van der Waals surface area (Å²) in [6.45, 7) is 14.7. The van der Waals surface area contributed by atoms with Gasteiger partial charge in [0, 0.05) is 13.0 Å². The summed E-state index contributed by atoms with van der Waals surface area (Å²) in [5.74, 6) is -2.38. The second kappa shape index (κ2) is 17.0. The summed E-state index contributed by atoms with van der Waals surface area (Å²) < 4.78 is 17.2. The van der Waals surface area contributed by atoms with Crippen molar-refractivity contribution in [3.05, 3.63) is 121 Å². The smallest absolute Gasteiger partial charge is 0.407 e. The molecule has 0 heterocycles. The van der Waals surface area contributed by atoms with E-state index in [1.807, 2.05) is 54.6 Å². The number of rotatable bonds is 15. The van der Waals surface area contributed by atoms with Crippen molar-refractivity contribution in [2.75, 3.05) is 13.7 Å². The molecular formula is C41H48N2O7. The molecule has 1 N–H and O–H groups in total. The number of ether oxygens (including phenoxy) is 3. The minimum atomic E-state index is -1.09. The number of hydrogen-bond donors (Lipinski definition) is 1. The van der Waals surface area contributed by atoms with Gasteiger partial charge in [0.1, 0.15) is 24.4 Å². The highest BCUT2D eigenvalue weighted by Gasteiger charge is 2.36. The van der Waals surface area contributed by atoms with E-state index < -0.39 is 47.7 Å². The van der Waals surface area contributed by atoms with Crippen LogP contribution in [-0.4, -0.2) is 60.2 Å². The number of hydrogen-bond acceptors (Lipinski definition) is 7. The van der Waals surface area contributed by atoms with E-state index >= 15 is 0 Å². The Morgan fingerprint density at radius 3 is 1.98 bits per heavy atom. The molecule has 50 heavy (non-hydrogen) atoms. The molecule has 4 rings (SSSR count). The zero-order valence-electron chi connectivity index (χ0n) is 29.6. The third-order valence-corrected chi connectivity index (χ3v) is 8.72. The van der Waals surface area contributed by atoms with Gasteiger partial charge in [0.25, 0.3) is 0 Å². The fourth-order valence-electron chi connectivity index (χ4n) is 6.21. The van der Waals surface area contributed by atoms with E-state index in [0.29, 0.717) is 5.56 Å². The number of nitrogens with zero attached hydrogens (tertiary/aromatic N) is 1. The number of alkyl carbamates (subject to hydrolysis) is 1. The average molecular weight is 681 g/mol. The molecule has 264 valence electrons. The van der Waals surface area contributed by atoms with Crippen LogP contribution < -0.4 is 5.32 Å². The first-order chi connectivity index (χ1) is 23.8. The predicted molar refractivity (Wildman–Crippen MR) is 193 cm³/mol. The summed E-state index contributed by atoms with van der Waals surface area (Å²) in [6.07, 6.45) is 1.67. The summed E-state index contributed by atoms with van der Waals surface area (Å²) in [5.41, 5.74) is 4.32. The van der Waals surface area contributed by atoms with Crippen molar-refractivity contribution in [2.24, 2.45) is 5.92 Å². The van der Waals surface area contributed by atoms with Gasteiger partial charge in [0.05, 0.1) is 18.4 Å². The van der Waals surface area contributed by atoms with Gasteiger partial charge in [-0.1, -0.05) is 91.0 Å². The fraction of sp³-hybridized carbons (Fsp3) is 0.366. The van der Waals surface area contributed by atoms with Gasteiger partial charge >= 0.3 is 18.0 Å². The van der Waals surface area contributed by atoms with E-state index in [0.717, 1.165) is 22.3 Å². The number of amides is 2. The lowest BCUT2D eigenvalue weighted by Crippen LogP contribution is -2.46. The monoisotopic (exact) mass is 680 g/mol. The zero-order chi connectivity index (χ0) is 36.4. The van der Waals surface area contributed by atoms with Crippen molar-refractivity contribution < 1.29 is 33.4 Å². The van der Waals surface area contributed by atoms with Crippen molar-refractivity contribution in [1.29, 1.82) is 0 Å². The molecule has 0 bridgehead atoms. The minimum absolute atomic E-state index is 0.0848. The standard InChI is InChI=1S/C41H48N2O7/c1-8-17-29(25-36(44)50-41(4,5)6)38(45)43(7)27(3)37(28-19-11-10-12-20-28)49-39(46)35(18-9-2)42-40(47)48-26-34-32-23-15-13-21-30(32)31-22-14-16-24-33(31)34/h8-16,19-24,27,29,34-35,37H,1-2,17-18,25-26H2,3-7H3,(H,42,47)/t27-,29?,35-,37+/m0/s1. The molecule has 0 saturated carbocycles. The van der Waals surface area contributed by atoms with Gasteiger partial charge in [-0.25, -0.2) is 9.59 Å². The summed E-state index contributed by atoms with van der Waals surface area (Å²) in [6, 6.07) is 23.4. The Morgan fingerprint density at radius 1 is 0.860 bits per heavy atom. The summed E-state index contributed by atoms with van der Waals surface area (Å²) in [7, 11) is 1.61. The SMILES string of the molecule is C=CCC(CC(=O)OC(C)(C)C)C(=O)N(C)[C@@H](C)[C@@H](OC(=O)[C@H](CC=C)NC(=O)OCC1c2ccccc2-c2ccccc21)c1ccccc1. The van der Waals surface area contributed by atoms with Crippen molar-refractivity contribution in [2.45, 2.75) is 76.7 Å². The van der Waals surface area contributed by atoms with Gasteiger partial charge < -0.3 is 24.4 Å². The Morgan fingerprint density at radius 2 is 1.42 bits per heavy atom. The van der Waals surface area contributed by atoms with Gasteiger partial charge in [-0.2, -0.15) is 0 Å². The number of fused-ring (bicyclic) bond motifs is 3. The molecule has 0 aromatic heterocycles.